The number of pyridine rings is 1. The molecule has 2 aromatic rings. The van der Waals surface area contributed by atoms with Crippen molar-refractivity contribution in [3.05, 3.63) is 30.1 Å². The molecule has 1 aromatic heterocycles. The molecule has 0 saturated heterocycles. The molecule has 1 heterocycles. The first-order chi connectivity index (χ1) is 8.61. The monoisotopic (exact) mass is 243 g/mol. The molecule has 0 fully saturated rings. The Balaban J connectivity index is 2.44. The van der Waals surface area contributed by atoms with E-state index in [1.54, 1.807) is 0 Å². The summed E-state index contributed by atoms with van der Waals surface area (Å²) in [6.45, 7) is 6.41. The zero-order valence-corrected chi connectivity index (χ0v) is 11.3. The van der Waals surface area contributed by atoms with E-state index in [1.807, 2.05) is 19.2 Å². The number of rotatable bonds is 4. The van der Waals surface area contributed by atoms with Gasteiger partial charge < -0.3 is 11.1 Å². The second-order valence-electron chi connectivity index (χ2n) is 4.91. The van der Waals surface area contributed by atoms with E-state index in [1.165, 1.54) is 6.42 Å². The molecule has 96 valence electrons. The normalized spacial score (nSPS) is 12.6. The van der Waals surface area contributed by atoms with Gasteiger partial charge in [0.25, 0.3) is 0 Å². The van der Waals surface area contributed by atoms with Gasteiger partial charge in [0.2, 0.25) is 0 Å². The number of aryl methyl sites for hydroxylation is 1. The molecule has 18 heavy (non-hydrogen) atoms. The van der Waals surface area contributed by atoms with Gasteiger partial charge >= 0.3 is 0 Å². The van der Waals surface area contributed by atoms with Crippen molar-refractivity contribution < 1.29 is 0 Å². The predicted molar refractivity (Wildman–Crippen MR) is 78.9 cm³/mol. The minimum atomic E-state index is 0.468. The molecule has 0 amide bonds. The van der Waals surface area contributed by atoms with E-state index in [-0.39, 0.29) is 0 Å². The third-order valence-corrected chi connectivity index (χ3v) is 3.20. The lowest BCUT2D eigenvalue weighted by Gasteiger charge is -2.17. The van der Waals surface area contributed by atoms with Crippen LogP contribution >= 0.6 is 0 Å². The van der Waals surface area contributed by atoms with Crippen LogP contribution in [0.5, 0.6) is 0 Å². The van der Waals surface area contributed by atoms with Gasteiger partial charge in [-0.2, -0.15) is 0 Å². The zero-order valence-electron chi connectivity index (χ0n) is 11.3. The highest BCUT2D eigenvalue weighted by atomic mass is 14.9. The predicted octanol–water partition coefficient (Wildman–Crippen LogP) is 3.73. The first-order valence-electron chi connectivity index (χ1n) is 6.53. The molecule has 3 heteroatoms. The van der Waals surface area contributed by atoms with Crippen LogP contribution in [0, 0.1) is 6.92 Å². The number of nitrogens with two attached hydrogens (primary N) is 1. The Morgan fingerprint density at radius 2 is 2.11 bits per heavy atom. The van der Waals surface area contributed by atoms with E-state index < -0.39 is 0 Å². The number of benzene rings is 1. The van der Waals surface area contributed by atoms with Crippen LogP contribution in [0.3, 0.4) is 0 Å². The molecule has 0 radical (unpaired) electrons. The average Bonchev–Trinajstić information content (AvgIpc) is 2.33. The number of nitrogens with one attached hydrogen (secondary N) is 1. The average molecular weight is 243 g/mol. The molecule has 2 rings (SSSR count). The SMILES string of the molecule is CCCC(C)Nc1ccc(N)c2cnc(C)cc12. The maximum atomic E-state index is 6.00. The molecule has 0 spiro atoms. The fourth-order valence-electron chi connectivity index (χ4n) is 2.26. The number of fused-ring (bicyclic) bond motifs is 1. The number of hydrogen-bond acceptors (Lipinski definition) is 3. The number of aromatic nitrogens is 1. The van der Waals surface area contributed by atoms with Crippen molar-refractivity contribution in [2.24, 2.45) is 0 Å². The van der Waals surface area contributed by atoms with Gasteiger partial charge in [-0.1, -0.05) is 13.3 Å². The molecule has 0 aliphatic carbocycles. The zero-order chi connectivity index (χ0) is 13.1. The van der Waals surface area contributed by atoms with Crippen molar-refractivity contribution >= 4 is 22.1 Å². The topological polar surface area (TPSA) is 50.9 Å². The van der Waals surface area contributed by atoms with Gasteiger partial charge in [-0.3, -0.25) is 4.98 Å². The smallest absolute Gasteiger partial charge is 0.0424 e. The molecular weight excluding hydrogens is 222 g/mol. The van der Waals surface area contributed by atoms with Crippen molar-refractivity contribution in [2.45, 2.75) is 39.7 Å². The summed E-state index contributed by atoms with van der Waals surface area (Å²) < 4.78 is 0. The van der Waals surface area contributed by atoms with Crippen LogP contribution in [0.15, 0.2) is 24.4 Å². The number of nitrogens with zero attached hydrogens (tertiary/aromatic N) is 1. The Morgan fingerprint density at radius 1 is 1.33 bits per heavy atom. The number of nitrogen functional groups attached to an aromatic ring is 1. The van der Waals surface area contributed by atoms with E-state index in [2.05, 4.69) is 36.3 Å². The standard InChI is InChI=1S/C15H21N3/c1-4-5-10(2)18-15-7-6-14(16)13-9-17-11(3)8-12(13)15/h6-10,18H,4-5,16H2,1-3H3. The van der Waals surface area contributed by atoms with Crippen molar-refractivity contribution in [3.8, 4) is 0 Å². The van der Waals surface area contributed by atoms with Crippen molar-refractivity contribution in [2.75, 3.05) is 11.1 Å². The van der Waals surface area contributed by atoms with Crippen molar-refractivity contribution in [1.29, 1.82) is 0 Å². The highest BCUT2D eigenvalue weighted by Crippen LogP contribution is 2.29. The Morgan fingerprint density at radius 3 is 2.83 bits per heavy atom. The Labute approximate surface area is 108 Å². The molecule has 0 saturated carbocycles. The second kappa shape index (κ2) is 5.25. The van der Waals surface area contributed by atoms with E-state index in [4.69, 9.17) is 5.73 Å². The second-order valence-corrected chi connectivity index (χ2v) is 4.91. The van der Waals surface area contributed by atoms with Crippen LogP contribution in [0.1, 0.15) is 32.4 Å². The van der Waals surface area contributed by atoms with Gasteiger partial charge in [0, 0.05) is 40.1 Å². The molecule has 0 aliphatic heterocycles. The van der Waals surface area contributed by atoms with Gasteiger partial charge in [-0.15, -0.1) is 0 Å². The summed E-state index contributed by atoms with van der Waals surface area (Å²) in [6, 6.07) is 6.56. The lowest BCUT2D eigenvalue weighted by molar-refractivity contribution is 0.691. The van der Waals surface area contributed by atoms with Crippen molar-refractivity contribution in [1.82, 2.24) is 4.98 Å². The largest absolute Gasteiger partial charge is 0.398 e. The summed E-state index contributed by atoms with van der Waals surface area (Å²) in [5, 5.41) is 5.74. The van der Waals surface area contributed by atoms with Gasteiger partial charge in [-0.25, -0.2) is 0 Å². The molecule has 3 N–H and O–H groups in total. The Kier molecular flexibility index (Phi) is 3.70. The van der Waals surface area contributed by atoms with Crippen LogP contribution < -0.4 is 11.1 Å². The molecule has 0 bridgehead atoms. The summed E-state index contributed by atoms with van der Waals surface area (Å²) in [4.78, 5) is 4.32. The van der Waals surface area contributed by atoms with Gasteiger partial charge in [0.15, 0.2) is 0 Å². The summed E-state index contributed by atoms with van der Waals surface area (Å²) in [5.74, 6) is 0. The maximum Gasteiger partial charge on any atom is 0.0424 e. The van der Waals surface area contributed by atoms with Gasteiger partial charge in [0.1, 0.15) is 0 Å². The van der Waals surface area contributed by atoms with Crippen LogP contribution in [0.4, 0.5) is 11.4 Å². The molecule has 1 aromatic carbocycles. The van der Waals surface area contributed by atoms with Crippen LogP contribution in [0.25, 0.3) is 10.8 Å². The highest BCUT2D eigenvalue weighted by Gasteiger charge is 2.07. The summed E-state index contributed by atoms with van der Waals surface area (Å²) in [5.41, 5.74) is 8.94. The minimum absolute atomic E-state index is 0.468. The Bertz CT molecular complexity index is 549. The fourth-order valence-corrected chi connectivity index (χ4v) is 2.26. The fraction of sp³-hybridized carbons (Fsp3) is 0.400. The number of hydrogen-bond donors (Lipinski definition) is 2. The molecule has 0 aliphatic rings. The van der Waals surface area contributed by atoms with E-state index in [0.717, 1.165) is 34.3 Å². The van der Waals surface area contributed by atoms with Crippen molar-refractivity contribution in [3.63, 3.8) is 0 Å². The lowest BCUT2D eigenvalue weighted by Crippen LogP contribution is -2.14. The highest BCUT2D eigenvalue weighted by molar-refractivity contribution is 6.00. The van der Waals surface area contributed by atoms with Crippen LogP contribution in [-0.2, 0) is 0 Å². The molecule has 1 unspecified atom stereocenters. The number of anilines is 2. The third kappa shape index (κ3) is 2.55. The van der Waals surface area contributed by atoms with E-state index in [9.17, 15) is 0 Å². The van der Waals surface area contributed by atoms with Gasteiger partial charge in [-0.05, 0) is 38.5 Å². The first kappa shape index (κ1) is 12.7. The Hall–Kier alpha value is -1.77. The van der Waals surface area contributed by atoms with Crippen LogP contribution in [-0.4, -0.2) is 11.0 Å². The quantitative estimate of drug-likeness (QED) is 0.804. The summed E-state index contributed by atoms with van der Waals surface area (Å²) >= 11 is 0. The van der Waals surface area contributed by atoms with E-state index in [0.29, 0.717) is 6.04 Å². The molecular formula is C15H21N3. The van der Waals surface area contributed by atoms with Crippen LogP contribution in [0.2, 0.25) is 0 Å². The summed E-state index contributed by atoms with van der Waals surface area (Å²) in [7, 11) is 0. The molecule has 3 nitrogen and oxygen atoms in total. The molecule has 1 atom stereocenters. The third-order valence-electron chi connectivity index (χ3n) is 3.20. The van der Waals surface area contributed by atoms with Gasteiger partial charge in [0.05, 0.1) is 0 Å². The lowest BCUT2D eigenvalue weighted by atomic mass is 10.1. The maximum absolute atomic E-state index is 6.00. The first-order valence-corrected chi connectivity index (χ1v) is 6.53. The summed E-state index contributed by atoms with van der Waals surface area (Å²) in [6.07, 6.45) is 4.20. The minimum Gasteiger partial charge on any atom is -0.398 e. The van der Waals surface area contributed by atoms with E-state index >= 15 is 0 Å².